The number of likely N-dealkylation sites (tertiary alicyclic amines) is 1. The van der Waals surface area contributed by atoms with E-state index in [1.54, 1.807) is 0 Å². The number of nitrogens with two attached hydrogens (primary N) is 1. The maximum absolute atomic E-state index is 11.7. The largest absolute Gasteiger partial charge is 0.368 e. The maximum atomic E-state index is 11.7. The first-order chi connectivity index (χ1) is 8.89. The first-order valence-corrected chi connectivity index (χ1v) is 7.70. The lowest BCUT2D eigenvalue weighted by molar-refractivity contribution is -0.124. The van der Waals surface area contributed by atoms with Crippen LogP contribution in [0.2, 0.25) is 0 Å². The van der Waals surface area contributed by atoms with Crippen LogP contribution in [0.1, 0.15) is 59.8 Å². The Hall–Kier alpha value is -0.610. The SMILES string of the molecule is CCC1CCCN1CCCC(C)(NC(C)C)C(N)=O. The maximum Gasteiger partial charge on any atom is 0.237 e. The van der Waals surface area contributed by atoms with Crippen LogP contribution in [0, 0.1) is 0 Å². The summed E-state index contributed by atoms with van der Waals surface area (Å²) in [6.45, 7) is 10.6. The van der Waals surface area contributed by atoms with Gasteiger partial charge in [-0.25, -0.2) is 0 Å². The molecule has 0 aromatic carbocycles. The standard InChI is InChI=1S/C15H31N3O/c1-5-13-8-6-10-18(13)11-7-9-15(4,14(16)19)17-12(2)3/h12-13,17H,5-11H2,1-4H3,(H2,16,19). The van der Waals surface area contributed by atoms with Crippen molar-refractivity contribution >= 4 is 5.91 Å². The van der Waals surface area contributed by atoms with Crippen LogP contribution in [0.15, 0.2) is 0 Å². The van der Waals surface area contributed by atoms with Gasteiger partial charge in [0.2, 0.25) is 5.91 Å². The van der Waals surface area contributed by atoms with Crippen LogP contribution in [0.4, 0.5) is 0 Å². The highest BCUT2D eigenvalue weighted by Gasteiger charge is 2.31. The molecule has 1 aliphatic heterocycles. The zero-order chi connectivity index (χ0) is 14.5. The Morgan fingerprint density at radius 2 is 2.21 bits per heavy atom. The minimum absolute atomic E-state index is 0.241. The summed E-state index contributed by atoms with van der Waals surface area (Å²) in [5.74, 6) is -0.241. The van der Waals surface area contributed by atoms with Gasteiger partial charge >= 0.3 is 0 Å². The van der Waals surface area contributed by atoms with Gasteiger partial charge in [0, 0.05) is 12.1 Å². The molecule has 2 unspecified atom stereocenters. The van der Waals surface area contributed by atoms with E-state index in [0.717, 1.165) is 25.4 Å². The number of carbonyl (C=O) groups is 1. The van der Waals surface area contributed by atoms with Crippen molar-refractivity contribution in [3.05, 3.63) is 0 Å². The highest BCUT2D eigenvalue weighted by molar-refractivity contribution is 5.84. The van der Waals surface area contributed by atoms with E-state index in [2.05, 4.69) is 31.0 Å². The molecule has 19 heavy (non-hydrogen) atoms. The van der Waals surface area contributed by atoms with Crippen molar-refractivity contribution in [2.45, 2.75) is 77.4 Å². The van der Waals surface area contributed by atoms with Crippen molar-refractivity contribution in [3.63, 3.8) is 0 Å². The van der Waals surface area contributed by atoms with Gasteiger partial charge in [0.15, 0.2) is 0 Å². The van der Waals surface area contributed by atoms with Gasteiger partial charge in [-0.05, 0) is 66.0 Å². The quantitative estimate of drug-likeness (QED) is 0.707. The molecule has 1 rings (SSSR count). The van der Waals surface area contributed by atoms with Gasteiger partial charge in [0.1, 0.15) is 0 Å². The topological polar surface area (TPSA) is 58.4 Å². The summed E-state index contributed by atoms with van der Waals surface area (Å²) in [6, 6.07) is 1.02. The summed E-state index contributed by atoms with van der Waals surface area (Å²) in [6.07, 6.45) is 5.71. The van der Waals surface area contributed by atoms with Crippen LogP contribution < -0.4 is 11.1 Å². The summed E-state index contributed by atoms with van der Waals surface area (Å²) >= 11 is 0. The van der Waals surface area contributed by atoms with Gasteiger partial charge in [0.05, 0.1) is 5.54 Å². The molecule has 1 aliphatic rings. The number of rotatable bonds is 8. The van der Waals surface area contributed by atoms with Crippen molar-refractivity contribution in [2.24, 2.45) is 5.73 Å². The molecule has 1 saturated heterocycles. The van der Waals surface area contributed by atoms with Gasteiger partial charge in [-0.3, -0.25) is 4.79 Å². The Bertz CT molecular complexity index is 293. The molecule has 2 atom stereocenters. The van der Waals surface area contributed by atoms with Crippen LogP contribution in [0.3, 0.4) is 0 Å². The molecule has 112 valence electrons. The Morgan fingerprint density at radius 1 is 1.53 bits per heavy atom. The number of nitrogens with zero attached hydrogens (tertiary/aromatic N) is 1. The van der Waals surface area contributed by atoms with Crippen molar-refractivity contribution in [3.8, 4) is 0 Å². The second-order valence-corrected chi connectivity index (χ2v) is 6.34. The van der Waals surface area contributed by atoms with E-state index in [-0.39, 0.29) is 11.9 Å². The fraction of sp³-hybridized carbons (Fsp3) is 0.933. The number of hydrogen-bond acceptors (Lipinski definition) is 3. The number of nitrogens with one attached hydrogen (secondary N) is 1. The molecule has 1 heterocycles. The highest BCUT2D eigenvalue weighted by atomic mass is 16.1. The normalized spacial score (nSPS) is 23.7. The number of primary amides is 1. The van der Waals surface area contributed by atoms with Gasteiger partial charge in [-0.2, -0.15) is 0 Å². The molecular formula is C15H31N3O. The van der Waals surface area contributed by atoms with Crippen LogP contribution in [0.25, 0.3) is 0 Å². The Kier molecular flexibility index (Phi) is 6.27. The summed E-state index contributed by atoms with van der Waals surface area (Å²) < 4.78 is 0. The first-order valence-electron chi connectivity index (χ1n) is 7.70. The molecule has 0 saturated carbocycles. The van der Waals surface area contributed by atoms with Crippen LogP contribution in [-0.2, 0) is 4.79 Å². The summed E-state index contributed by atoms with van der Waals surface area (Å²) in [4.78, 5) is 14.2. The molecule has 3 N–H and O–H groups in total. The molecule has 4 nitrogen and oxygen atoms in total. The third-order valence-corrected chi connectivity index (χ3v) is 4.24. The molecule has 1 amide bonds. The van der Waals surface area contributed by atoms with E-state index >= 15 is 0 Å². The van der Waals surface area contributed by atoms with Gasteiger partial charge in [0.25, 0.3) is 0 Å². The molecule has 0 bridgehead atoms. The second-order valence-electron chi connectivity index (χ2n) is 6.34. The summed E-state index contributed by atoms with van der Waals surface area (Å²) in [5.41, 5.74) is 4.98. The monoisotopic (exact) mass is 269 g/mol. The molecule has 0 aliphatic carbocycles. The molecule has 1 fully saturated rings. The second kappa shape index (κ2) is 7.25. The first kappa shape index (κ1) is 16.4. The van der Waals surface area contributed by atoms with E-state index in [0.29, 0.717) is 0 Å². The molecule has 4 heteroatoms. The van der Waals surface area contributed by atoms with E-state index < -0.39 is 5.54 Å². The molecule has 0 radical (unpaired) electrons. The number of hydrogen-bond donors (Lipinski definition) is 2. The van der Waals surface area contributed by atoms with E-state index in [4.69, 9.17) is 5.73 Å². The zero-order valence-corrected chi connectivity index (χ0v) is 13.0. The lowest BCUT2D eigenvalue weighted by Gasteiger charge is -2.31. The minimum Gasteiger partial charge on any atom is -0.368 e. The number of amides is 1. The van der Waals surface area contributed by atoms with Crippen molar-refractivity contribution in [2.75, 3.05) is 13.1 Å². The molecule has 0 spiro atoms. The van der Waals surface area contributed by atoms with Crippen LogP contribution in [0.5, 0.6) is 0 Å². The minimum atomic E-state index is -0.574. The highest BCUT2D eigenvalue weighted by Crippen LogP contribution is 2.21. The van der Waals surface area contributed by atoms with Gasteiger partial charge in [-0.1, -0.05) is 6.92 Å². The third kappa shape index (κ3) is 4.77. The smallest absolute Gasteiger partial charge is 0.237 e. The zero-order valence-electron chi connectivity index (χ0n) is 13.0. The van der Waals surface area contributed by atoms with Gasteiger partial charge in [-0.15, -0.1) is 0 Å². The molecule has 0 aromatic heterocycles. The van der Waals surface area contributed by atoms with E-state index in [1.165, 1.54) is 25.8 Å². The summed E-state index contributed by atoms with van der Waals surface area (Å²) in [5, 5.41) is 3.31. The van der Waals surface area contributed by atoms with Crippen LogP contribution >= 0.6 is 0 Å². The van der Waals surface area contributed by atoms with Crippen molar-refractivity contribution in [1.82, 2.24) is 10.2 Å². The predicted molar refractivity (Wildman–Crippen MR) is 80.0 cm³/mol. The Balaban J connectivity index is 2.42. The molecular weight excluding hydrogens is 238 g/mol. The predicted octanol–water partition coefficient (Wildman–Crippen LogP) is 1.88. The molecule has 0 aromatic rings. The van der Waals surface area contributed by atoms with Crippen molar-refractivity contribution < 1.29 is 4.79 Å². The summed E-state index contributed by atoms with van der Waals surface area (Å²) in [7, 11) is 0. The van der Waals surface area contributed by atoms with Gasteiger partial charge < -0.3 is 16.0 Å². The average molecular weight is 269 g/mol. The van der Waals surface area contributed by atoms with Crippen molar-refractivity contribution in [1.29, 1.82) is 0 Å². The Labute approximate surface area is 118 Å². The third-order valence-electron chi connectivity index (χ3n) is 4.24. The lowest BCUT2D eigenvalue weighted by Crippen LogP contribution is -2.55. The van der Waals surface area contributed by atoms with E-state index in [1.807, 2.05) is 6.92 Å². The average Bonchev–Trinajstić information content (AvgIpc) is 2.75. The lowest BCUT2D eigenvalue weighted by atomic mass is 9.93. The fourth-order valence-corrected chi connectivity index (χ4v) is 3.19. The van der Waals surface area contributed by atoms with Crippen LogP contribution in [-0.4, -0.2) is 41.5 Å². The fourth-order valence-electron chi connectivity index (χ4n) is 3.19. The number of carbonyl (C=O) groups excluding carboxylic acids is 1. The van der Waals surface area contributed by atoms with E-state index in [9.17, 15) is 4.79 Å². The Morgan fingerprint density at radius 3 is 2.74 bits per heavy atom.